The summed E-state index contributed by atoms with van der Waals surface area (Å²) >= 11 is 9.56. The van der Waals surface area contributed by atoms with Crippen molar-refractivity contribution in [2.45, 2.75) is 6.42 Å². The summed E-state index contributed by atoms with van der Waals surface area (Å²) in [5.41, 5.74) is 4.49. The molecule has 0 fully saturated rings. The molecular weight excluding hydrogens is 525 g/mol. The topological polar surface area (TPSA) is 127 Å². The first-order valence-electron chi connectivity index (χ1n) is 9.60. The molecule has 10 nitrogen and oxygen atoms in total. The van der Waals surface area contributed by atoms with E-state index in [0.29, 0.717) is 16.2 Å². The number of anilines is 2. The van der Waals surface area contributed by atoms with E-state index in [1.165, 1.54) is 17.9 Å². The molecule has 1 aromatic heterocycles. The fraction of sp³-hybridized carbons (Fsp3) is 0.250. The Balaban J connectivity index is 1.75. The molecule has 0 aliphatic heterocycles. The zero-order valence-electron chi connectivity index (χ0n) is 17.3. The molecule has 13 heteroatoms. The Morgan fingerprint density at radius 2 is 2.06 bits per heavy atom. The minimum atomic E-state index is -0.720. The highest BCUT2D eigenvalue weighted by Gasteiger charge is 2.22. The number of ether oxygens (including phenoxy) is 1. The lowest BCUT2D eigenvalue weighted by Gasteiger charge is -2.15. The smallest absolute Gasteiger partial charge is 0.277 e. The predicted octanol–water partition coefficient (Wildman–Crippen LogP) is 3.45. The van der Waals surface area contributed by atoms with Gasteiger partial charge in [0.1, 0.15) is 5.52 Å². The Morgan fingerprint density at radius 3 is 2.79 bits per heavy atom. The van der Waals surface area contributed by atoms with Gasteiger partial charge in [-0.15, -0.1) is 0 Å². The molecule has 0 aliphatic carbocycles. The van der Waals surface area contributed by atoms with Crippen LogP contribution in [0.2, 0.25) is 5.02 Å². The van der Waals surface area contributed by atoms with Crippen LogP contribution in [0.3, 0.4) is 0 Å². The summed E-state index contributed by atoms with van der Waals surface area (Å²) in [4.78, 5) is 32.9. The molecule has 0 aliphatic rings. The van der Waals surface area contributed by atoms with Crippen molar-refractivity contribution < 1.29 is 28.8 Å². The number of aromatic nitrogens is 2. The van der Waals surface area contributed by atoms with Gasteiger partial charge in [0.25, 0.3) is 5.91 Å². The van der Waals surface area contributed by atoms with Crippen LogP contribution in [-0.2, 0) is 21.4 Å². The predicted molar refractivity (Wildman–Crippen MR) is 122 cm³/mol. The van der Waals surface area contributed by atoms with Gasteiger partial charge in [-0.05, 0) is 24.3 Å². The van der Waals surface area contributed by atoms with Crippen molar-refractivity contribution in [3.05, 3.63) is 51.5 Å². The van der Waals surface area contributed by atoms with Crippen molar-refractivity contribution in [3.8, 4) is 0 Å². The number of benzene rings is 2. The number of halogens is 3. The van der Waals surface area contributed by atoms with Crippen molar-refractivity contribution >= 4 is 61.8 Å². The van der Waals surface area contributed by atoms with Crippen molar-refractivity contribution in [1.82, 2.24) is 20.5 Å². The number of rotatable bonds is 10. The number of amides is 2. The molecule has 0 bridgehead atoms. The summed E-state index contributed by atoms with van der Waals surface area (Å²) < 4.78 is 22.8. The van der Waals surface area contributed by atoms with Crippen LogP contribution in [0, 0.1) is 5.82 Å². The zero-order valence-corrected chi connectivity index (χ0v) is 19.7. The summed E-state index contributed by atoms with van der Waals surface area (Å²) in [6, 6.07) is 6.48. The van der Waals surface area contributed by atoms with E-state index in [9.17, 15) is 9.59 Å². The number of imidazole rings is 1. The van der Waals surface area contributed by atoms with E-state index in [4.69, 9.17) is 26.4 Å². The Bertz CT molecular complexity index is 1180. The normalized spacial score (nSPS) is 10.9. The Labute approximate surface area is 201 Å². The van der Waals surface area contributed by atoms with Crippen LogP contribution in [0.5, 0.6) is 0 Å². The van der Waals surface area contributed by atoms with Crippen LogP contribution in [-0.4, -0.2) is 46.4 Å². The van der Waals surface area contributed by atoms with Gasteiger partial charge in [0.15, 0.2) is 5.82 Å². The number of nitrogens with zero attached hydrogens (tertiary/aromatic N) is 2. The molecule has 3 rings (SSSR count). The maximum absolute atomic E-state index is 15.3. The van der Waals surface area contributed by atoms with Gasteiger partial charge in [-0.25, -0.2) is 20.3 Å². The molecule has 1 heterocycles. The third-order valence-electron chi connectivity index (χ3n) is 4.49. The molecule has 0 atom stereocenters. The number of carbonyl (C=O) groups is 2. The second-order valence-corrected chi connectivity index (χ2v) is 8.09. The second-order valence-electron chi connectivity index (χ2n) is 6.76. The number of fused-ring (bicyclic) bond motifs is 1. The van der Waals surface area contributed by atoms with Crippen LogP contribution in [0.1, 0.15) is 16.8 Å². The van der Waals surface area contributed by atoms with E-state index in [1.54, 1.807) is 29.8 Å². The largest absolute Gasteiger partial charge is 0.378 e. The van der Waals surface area contributed by atoms with Crippen molar-refractivity contribution in [2.24, 2.45) is 7.05 Å². The lowest BCUT2D eigenvalue weighted by atomic mass is 10.1. The van der Waals surface area contributed by atoms with E-state index < -0.39 is 17.6 Å². The van der Waals surface area contributed by atoms with Crippen LogP contribution in [0.25, 0.3) is 11.0 Å². The second kappa shape index (κ2) is 11.4. The van der Waals surface area contributed by atoms with E-state index in [1.807, 2.05) is 0 Å². The highest BCUT2D eigenvalue weighted by Crippen LogP contribution is 2.34. The quantitative estimate of drug-likeness (QED) is 0.175. The van der Waals surface area contributed by atoms with Gasteiger partial charge in [-0.3, -0.25) is 19.6 Å². The Kier molecular flexibility index (Phi) is 8.58. The molecule has 0 spiro atoms. The summed E-state index contributed by atoms with van der Waals surface area (Å²) in [6.07, 6.45) is 1.41. The number of aryl methyl sites for hydroxylation is 1. The number of nitrogens with one attached hydrogen (secondary N) is 3. The number of hydrogen-bond acceptors (Lipinski definition) is 7. The van der Waals surface area contributed by atoms with Gasteiger partial charge < -0.3 is 14.6 Å². The summed E-state index contributed by atoms with van der Waals surface area (Å²) in [7, 11) is 1.68. The van der Waals surface area contributed by atoms with E-state index in [-0.39, 0.29) is 43.0 Å². The van der Waals surface area contributed by atoms with Gasteiger partial charge in [0, 0.05) is 11.5 Å². The highest BCUT2D eigenvalue weighted by atomic mass is 79.9. The number of hydroxylamine groups is 2. The van der Waals surface area contributed by atoms with Gasteiger partial charge in [0.2, 0.25) is 5.91 Å². The van der Waals surface area contributed by atoms with Gasteiger partial charge in [-0.1, -0.05) is 27.5 Å². The zero-order chi connectivity index (χ0) is 24.0. The van der Waals surface area contributed by atoms with Gasteiger partial charge in [0.05, 0.1) is 60.0 Å². The van der Waals surface area contributed by atoms with Crippen molar-refractivity contribution in [1.29, 1.82) is 0 Å². The summed E-state index contributed by atoms with van der Waals surface area (Å²) in [6.45, 7) is 0.117. The molecular formula is C20H20BrClFN5O5. The van der Waals surface area contributed by atoms with E-state index >= 15 is 4.39 Å². The minimum absolute atomic E-state index is 0.0236. The minimum Gasteiger partial charge on any atom is -0.378 e. The Morgan fingerprint density at radius 1 is 1.27 bits per heavy atom. The molecule has 4 N–H and O–H groups in total. The molecule has 0 radical (unpaired) electrons. The average molecular weight is 545 g/mol. The lowest BCUT2D eigenvalue weighted by molar-refractivity contribution is -0.130. The molecule has 176 valence electrons. The molecule has 2 aromatic carbocycles. The molecule has 0 unspecified atom stereocenters. The highest BCUT2D eigenvalue weighted by molar-refractivity contribution is 9.10. The molecule has 33 heavy (non-hydrogen) atoms. The third-order valence-corrected chi connectivity index (χ3v) is 5.29. The van der Waals surface area contributed by atoms with Crippen molar-refractivity contribution in [3.63, 3.8) is 0 Å². The first kappa shape index (κ1) is 24.9. The summed E-state index contributed by atoms with van der Waals surface area (Å²) in [5.74, 6) is -2.00. The third kappa shape index (κ3) is 6.18. The number of hydrogen-bond donors (Lipinski definition) is 4. The molecule has 0 saturated carbocycles. The fourth-order valence-electron chi connectivity index (χ4n) is 2.85. The molecule has 3 aromatic rings. The van der Waals surface area contributed by atoms with Gasteiger partial charge >= 0.3 is 0 Å². The van der Waals surface area contributed by atoms with Gasteiger partial charge in [-0.2, -0.15) is 0 Å². The SMILES string of the molecule is Cn1cnc2c(F)c(Nc3ccc(Br)cc3Cl)c(C(=O)NOCCOCCC(=O)NO)cc21. The monoisotopic (exact) mass is 543 g/mol. The molecule has 0 saturated heterocycles. The van der Waals surface area contributed by atoms with Crippen LogP contribution < -0.4 is 16.3 Å². The average Bonchev–Trinajstić information content (AvgIpc) is 3.16. The first-order chi connectivity index (χ1) is 15.8. The fourth-order valence-corrected chi connectivity index (χ4v) is 3.57. The van der Waals surface area contributed by atoms with E-state index in [0.717, 1.165) is 4.47 Å². The standard InChI is InChI=1S/C20H20BrClFN5O5/c1-28-10-24-19-15(28)9-12(20(30)27-33-7-6-32-5-4-16(29)26-31)18(17(19)23)25-14-3-2-11(21)8-13(14)22/h2-3,8-10,25,31H,4-7H2,1H3,(H,26,29)(H,27,30). The van der Waals surface area contributed by atoms with Crippen LogP contribution in [0.4, 0.5) is 15.8 Å². The molecule has 2 amide bonds. The first-order valence-corrected chi connectivity index (χ1v) is 10.8. The lowest BCUT2D eigenvalue weighted by Crippen LogP contribution is -2.27. The number of carbonyl (C=O) groups excluding carboxylic acids is 2. The maximum atomic E-state index is 15.3. The summed E-state index contributed by atoms with van der Waals surface area (Å²) in [5, 5.41) is 11.6. The van der Waals surface area contributed by atoms with Crippen molar-refractivity contribution in [2.75, 3.05) is 25.1 Å². The maximum Gasteiger partial charge on any atom is 0.277 e. The van der Waals surface area contributed by atoms with Crippen LogP contribution >= 0.6 is 27.5 Å². The van der Waals surface area contributed by atoms with E-state index in [2.05, 4.69) is 31.7 Å². The van der Waals surface area contributed by atoms with Crippen LogP contribution in [0.15, 0.2) is 35.1 Å². The Hall–Kier alpha value is -2.77.